The monoisotopic (exact) mass is 141 g/mol. The molecule has 0 aromatic carbocycles. The maximum Gasteiger partial charge on any atom is 0.128 e. The van der Waals surface area contributed by atoms with Crippen LogP contribution in [0, 0.1) is 11.4 Å². The van der Waals surface area contributed by atoms with Crippen LogP contribution in [0.2, 0.25) is 0 Å². The molecule has 0 aromatic rings. The van der Waals surface area contributed by atoms with Crippen LogP contribution in [0.25, 0.3) is 0 Å². The SMILES string of the molecule is N=NN=C(N)[C@@H]1CCNC1. The van der Waals surface area contributed by atoms with Gasteiger partial charge < -0.3 is 11.1 Å². The molecule has 0 amide bonds. The first-order valence-corrected chi connectivity index (χ1v) is 3.25. The van der Waals surface area contributed by atoms with E-state index in [1.807, 2.05) is 0 Å². The van der Waals surface area contributed by atoms with E-state index in [4.69, 9.17) is 11.3 Å². The molecule has 0 unspecified atom stereocenters. The third-order valence-electron chi connectivity index (χ3n) is 1.64. The molecule has 0 bridgehead atoms. The van der Waals surface area contributed by atoms with Crippen molar-refractivity contribution in [2.45, 2.75) is 6.42 Å². The van der Waals surface area contributed by atoms with Crippen molar-refractivity contribution in [1.29, 1.82) is 5.53 Å². The molecule has 0 spiro atoms. The lowest BCUT2D eigenvalue weighted by Gasteiger charge is -2.03. The van der Waals surface area contributed by atoms with Crippen LogP contribution in [0.3, 0.4) is 0 Å². The first-order valence-electron chi connectivity index (χ1n) is 3.25. The van der Waals surface area contributed by atoms with Gasteiger partial charge in [0.2, 0.25) is 0 Å². The van der Waals surface area contributed by atoms with Crippen LogP contribution in [-0.2, 0) is 0 Å². The Balaban J connectivity index is 2.46. The van der Waals surface area contributed by atoms with Crippen molar-refractivity contribution in [3.05, 3.63) is 0 Å². The summed E-state index contributed by atoms with van der Waals surface area (Å²) in [4.78, 5) is 0. The van der Waals surface area contributed by atoms with Crippen molar-refractivity contribution in [2.75, 3.05) is 13.1 Å². The van der Waals surface area contributed by atoms with Crippen molar-refractivity contribution in [1.82, 2.24) is 5.32 Å². The minimum Gasteiger partial charge on any atom is -0.385 e. The van der Waals surface area contributed by atoms with Crippen LogP contribution in [0.1, 0.15) is 6.42 Å². The van der Waals surface area contributed by atoms with Gasteiger partial charge in [-0.25, -0.2) is 0 Å². The number of rotatable bonds is 2. The van der Waals surface area contributed by atoms with Gasteiger partial charge in [-0.15, -0.1) is 5.10 Å². The molecule has 0 saturated carbocycles. The molecule has 0 aromatic heterocycles. The summed E-state index contributed by atoms with van der Waals surface area (Å²) in [7, 11) is 0. The largest absolute Gasteiger partial charge is 0.385 e. The lowest BCUT2D eigenvalue weighted by Crippen LogP contribution is -2.25. The standard InChI is InChI=1S/C5H11N5/c6-5(9-10-7)4-1-2-8-3-4/h4,8H,1-3H2,(H3,6,7,9)/t4-/m1/s1. The van der Waals surface area contributed by atoms with Crippen LogP contribution in [0.15, 0.2) is 10.3 Å². The summed E-state index contributed by atoms with van der Waals surface area (Å²) in [5, 5.41) is 9.47. The Morgan fingerprint density at radius 3 is 3.00 bits per heavy atom. The minimum absolute atomic E-state index is 0.286. The molecule has 1 atom stereocenters. The fourth-order valence-electron chi connectivity index (χ4n) is 1.05. The third kappa shape index (κ3) is 1.51. The lowest BCUT2D eigenvalue weighted by atomic mass is 10.1. The Morgan fingerprint density at radius 2 is 2.50 bits per heavy atom. The highest BCUT2D eigenvalue weighted by Crippen LogP contribution is 2.06. The van der Waals surface area contributed by atoms with Gasteiger partial charge in [0, 0.05) is 12.5 Å². The second-order valence-electron chi connectivity index (χ2n) is 2.31. The van der Waals surface area contributed by atoms with Gasteiger partial charge in [-0.1, -0.05) is 5.22 Å². The highest BCUT2D eigenvalue weighted by atomic mass is 15.3. The van der Waals surface area contributed by atoms with Crippen molar-refractivity contribution >= 4 is 5.84 Å². The Hall–Kier alpha value is -0.970. The Bertz CT molecular complexity index is 146. The van der Waals surface area contributed by atoms with Crippen molar-refractivity contribution in [3.8, 4) is 0 Å². The molecule has 1 saturated heterocycles. The van der Waals surface area contributed by atoms with Crippen LogP contribution in [-0.4, -0.2) is 18.9 Å². The van der Waals surface area contributed by atoms with E-state index in [2.05, 4.69) is 15.6 Å². The summed E-state index contributed by atoms with van der Waals surface area (Å²) < 4.78 is 0. The summed E-state index contributed by atoms with van der Waals surface area (Å²) in [6.07, 6.45) is 1.00. The van der Waals surface area contributed by atoms with Crippen LogP contribution in [0.5, 0.6) is 0 Å². The molecule has 1 fully saturated rings. The lowest BCUT2D eigenvalue weighted by molar-refractivity contribution is 0.754. The number of nitrogens with one attached hydrogen (secondary N) is 2. The first kappa shape index (κ1) is 7.14. The van der Waals surface area contributed by atoms with Crippen LogP contribution < -0.4 is 11.1 Å². The average molecular weight is 141 g/mol. The first-order chi connectivity index (χ1) is 4.84. The Morgan fingerprint density at radius 1 is 1.70 bits per heavy atom. The molecule has 1 rings (SSSR count). The maximum absolute atomic E-state index is 6.43. The van der Waals surface area contributed by atoms with Crippen molar-refractivity contribution in [3.63, 3.8) is 0 Å². The van der Waals surface area contributed by atoms with Gasteiger partial charge in [-0.3, -0.25) is 0 Å². The molecule has 10 heavy (non-hydrogen) atoms. The molecular formula is C5H11N5. The molecule has 4 N–H and O–H groups in total. The third-order valence-corrected chi connectivity index (χ3v) is 1.64. The Kier molecular flexibility index (Phi) is 2.33. The van der Waals surface area contributed by atoms with E-state index < -0.39 is 0 Å². The fourth-order valence-corrected chi connectivity index (χ4v) is 1.05. The normalized spacial score (nSPS) is 26.8. The number of nitrogens with zero attached hydrogens (tertiary/aromatic N) is 2. The molecule has 1 aliphatic heterocycles. The molecule has 5 nitrogen and oxygen atoms in total. The quantitative estimate of drug-likeness (QED) is 0.217. The summed E-state index contributed by atoms with van der Waals surface area (Å²) in [5.41, 5.74) is 11.9. The van der Waals surface area contributed by atoms with E-state index >= 15 is 0 Å². The van der Waals surface area contributed by atoms with E-state index in [0.717, 1.165) is 19.5 Å². The van der Waals surface area contributed by atoms with E-state index in [1.54, 1.807) is 0 Å². The summed E-state index contributed by atoms with van der Waals surface area (Å²) in [6.45, 7) is 1.85. The van der Waals surface area contributed by atoms with E-state index in [1.165, 1.54) is 0 Å². The predicted molar refractivity (Wildman–Crippen MR) is 37.7 cm³/mol. The molecule has 56 valence electrons. The number of nitrogens with two attached hydrogens (primary N) is 1. The zero-order valence-corrected chi connectivity index (χ0v) is 5.67. The van der Waals surface area contributed by atoms with Crippen LogP contribution in [0.4, 0.5) is 0 Å². The van der Waals surface area contributed by atoms with Gasteiger partial charge >= 0.3 is 0 Å². The van der Waals surface area contributed by atoms with E-state index in [0.29, 0.717) is 5.84 Å². The van der Waals surface area contributed by atoms with Gasteiger partial charge in [0.05, 0.1) is 0 Å². The van der Waals surface area contributed by atoms with E-state index in [-0.39, 0.29) is 5.92 Å². The number of hydrogen-bond donors (Lipinski definition) is 3. The summed E-state index contributed by atoms with van der Waals surface area (Å²) in [6, 6.07) is 0. The zero-order chi connectivity index (χ0) is 7.40. The maximum atomic E-state index is 6.43. The second kappa shape index (κ2) is 3.26. The predicted octanol–water partition coefficient (Wildman–Crippen LogP) is -0.101. The van der Waals surface area contributed by atoms with Crippen molar-refractivity contribution in [2.24, 2.45) is 22.0 Å². The van der Waals surface area contributed by atoms with Crippen LogP contribution >= 0.6 is 0 Å². The van der Waals surface area contributed by atoms with Gasteiger partial charge in [0.25, 0.3) is 0 Å². The molecule has 5 heteroatoms. The van der Waals surface area contributed by atoms with E-state index in [9.17, 15) is 0 Å². The number of hydrogen-bond acceptors (Lipinski definition) is 3. The molecule has 1 aliphatic rings. The second-order valence-corrected chi connectivity index (χ2v) is 2.31. The van der Waals surface area contributed by atoms with Gasteiger partial charge in [0.1, 0.15) is 5.84 Å². The summed E-state index contributed by atoms with van der Waals surface area (Å²) in [5.74, 6) is 0.758. The molecule has 0 radical (unpaired) electrons. The highest BCUT2D eigenvalue weighted by molar-refractivity contribution is 5.83. The molecular weight excluding hydrogens is 130 g/mol. The highest BCUT2D eigenvalue weighted by Gasteiger charge is 2.17. The summed E-state index contributed by atoms with van der Waals surface area (Å²) >= 11 is 0. The fraction of sp³-hybridized carbons (Fsp3) is 0.800. The van der Waals surface area contributed by atoms with Gasteiger partial charge in [0.15, 0.2) is 0 Å². The molecule has 1 heterocycles. The minimum atomic E-state index is 0.286. The smallest absolute Gasteiger partial charge is 0.128 e. The zero-order valence-electron chi connectivity index (χ0n) is 5.67. The Labute approximate surface area is 59.2 Å². The van der Waals surface area contributed by atoms with Crippen molar-refractivity contribution < 1.29 is 0 Å². The molecule has 0 aliphatic carbocycles. The number of amidine groups is 1. The van der Waals surface area contributed by atoms with Gasteiger partial charge in [-0.2, -0.15) is 5.53 Å². The average Bonchev–Trinajstić information content (AvgIpc) is 2.38. The van der Waals surface area contributed by atoms with Gasteiger partial charge in [-0.05, 0) is 13.0 Å². The topological polar surface area (TPSA) is 86.6 Å².